The highest BCUT2D eigenvalue weighted by molar-refractivity contribution is 9.10. The lowest BCUT2D eigenvalue weighted by Gasteiger charge is -2.09. The van der Waals surface area contributed by atoms with Crippen LogP contribution in [0.4, 0.5) is 10.1 Å². The highest BCUT2D eigenvalue weighted by Gasteiger charge is 2.50. The van der Waals surface area contributed by atoms with E-state index in [1.54, 1.807) is 0 Å². The highest BCUT2D eigenvalue weighted by Crippen LogP contribution is 2.53. The average Bonchev–Trinajstić information content (AvgIpc) is 3.14. The van der Waals surface area contributed by atoms with E-state index in [0.717, 1.165) is 28.7 Å². The maximum absolute atomic E-state index is 12.9. The molecule has 2 nitrogen and oxygen atoms in total. The third-order valence-corrected chi connectivity index (χ3v) is 5.02. The van der Waals surface area contributed by atoms with Crippen LogP contribution in [0.3, 0.4) is 0 Å². The number of nitrogens with zero attached hydrogens (tertiary/aromatic N) is 1. The van der Waals surface area contributed by atoms with Gasteiger partial charge in [-0.2, -0.15) is 0 Å². The molecule has 1 aliphatic carbocycles. The van der Waals surface area contributed by atoms with E-state index >= 15 is 0 Å². The Morgan fingerprint density at radius 3 is 2.70 bits per heavy atom. The number of hydrogen-bond donors (Lipinski definition) is 1. The number of nitrogens with one attached hydrogen (secondary N) is 1. The summed E-state index contributed by atoms with van der Waals surface area (Å²) in [5, 5.41) is 3.47. The van der Waals surface area contributed by atoms with Crippen molar-refractivity contribution in [3.05, 3.63) is 57.6 Å². The van der Waals surface area contributed by atoms with Crippen LogP contribution in [0.15, 0.2) is 34.9 Å². The molecule has 0 bridgehead atoms. The van der Waals surface area contributed by atoms with E-state index < -0.39 is 0 Å². The lowest BCUT2D eigenvalue weighted by atomic mass is 10.0. The molecule has 2 heterocycles. The van der Waals surface area contributed by atoms with Gasteiger partial charge < -0.3 is 5.32 Å². The van der Waals surface area contributed by atoms with Crippen LogP contribution in [-0.2, 0) is 11.8 Å². The molecule has 1 aliphatic heterocycles. The third-order valence-electron chi connectivity index (χ3n) is 4.33. The Morgan fingerprint density at radius 1 is 1.25 bits per heavy atom. The van der Waals surface area contributed by atoms with Gasteiger partial charge in [-0.25, -0.2) is 9.37 Å². The van der Waals surface area contributed by atoms with Crippen LogP contribution in [-0.4, -0.2) is 11.5 Å². The lowest BCUT2D eigenvalue weighted by molar-refractivity contribution is 0.627. The zero-order chi connectivity index (χ0) is 13.7. The van der Waals surface area contributed by atoms with Gasteiger partial charge in [-0.05, 0) is 58.1 Å². The molecule has 1 spiro atoms. The Bertz CT molecular complexity index is 678. The summed E-state index contributed by atoms with van der Waals surface area (Å²) in [6.45, 7) is 1.02. The number of halogens is 2. The van der Waals surface area contributed by atoms with Gasteiger partial charge in [-0.3, -0.25) is 0 Å². The molecule has 0 atom stereocenters. The molecule has 0 unspecified atom stereocenters. The van der Waals surface area contributed by atoms with Gasteiger partial charge in [0.25, 0.3) is 0 Å². The van der Waals surface area contributed by atoms with E-state index in [-0.39, 0.29) is 5.82 Å². The van der Waals surface area contributed by atoms with Crippen LogP contribution >= 0.6 is 15.9 Å². The second kappa shape index (κ2) is 4.29. The summed E-state index contributed by atoms with van der Waals surface area (Å²) >= 11 is 3.59. The second-order valence-electron chi connectivity index (χ2n) is 5.77. The first-order chi connectivity index (χ1) is 9.66. The molecule has 1 N–H and O–H groups in total. The summed E-state index contributed by atoms with van der Waals surface area (Å²) in [5.74, 6) is -0.197. The van der Waals surface area contributed by atoms with Crippen LogP contribution < -0.4 is 5.32 Å². The topological polar surface area (TPSA) is 24.9 Å². The largest absolute Gasteiger partial charge is 0.383 e. The molecule has 1 aromatic carbocycles. The zero-order valence-electron chi connectivity index (χ0n) is 10.9. The van der Waals surface area contributed by atoms with Crippen LogP contribution in [0, 0.1) is 5.82 Å². The van der Waals surface area contributed by atoms with E-state index in [9.17, 15) is 4.39 Å². The van der Waals surface area contributed by atoms with E-state index in [1.165, 1.54) is 36.4 Å². The predicted molar refractivity (Wildman–Crippen MR) is 80.5 cm³/mol. The SMILES string of the molecule is Fc1ccc(Cc2cc3c(nc2Br)C2(CC2)CN3)cc1. The molecule has 2 aromatic rings. The van der Waals surface area contributed by atoms with Crippen molar-refractivity contribution < 1.29 is 4.39 Å². The monoisotopic (exact) mass is 332 g/mol. The van der Waals surface area contributed by atoms with Gasteiger partial charge in [0, 0.05) is 18.4 Å². The predicted octanol–water partition coefficient (Wildman–Crippen LogP) is 4.03. The average molecular weight is 333 g/mol. The molecule has 102 valence electrons. The number of aromatic nitrogens is 1. The Hall–Kier alpha value is -1.42. The zero-order valence-corrected chi connectivity index (χ0v) is 12.5. The standard InChI is InChI=1S/C16H14BrFN2/c17-15-11(7-10-1-3-12(18)4-2-10)8-13-14(20-15)16(5-6-16)9-19-13/h1-4,8,19H,5-7,9H2. The summed E-state index contributed by atoms with van der Waals surface area (Å²) in [6, 6.07) is 8.83. The van der Waals surface area contributed by atoms with Crippen LogP contribution in [0.1, 0.15) is 29.7 Å². The first-order valence-electron chi connectivity index (χ1n) is 6.85. The van der Waals surface area contributed by atoms with E-state index in [2.05, 4.69) is 27.3 Å². The van der Waals surface area contributed by atoms with Crippen LogP contribution in [0.5, 0.6) is 0 Å². The number of hydrogen-bond acceptors (Lipinski definition) is 2. The van der Waals surface area contributed by atoms with Crippen molar-refractivity contribution in [1.29, 1.82) is 0 Å². The first-order valence-corrected chi connectivity index (χ1v) is 7.64. The minimum Gasteiger partial charge on any atom is -0.383 e. The Kier molecular flexibility index (Phi) is 2.64. The molecule has 0 saturated heterocycles. The maximum Gasteiger partial charge on any atom is 0.123 e. The fourth-order valence-corrected chi connectivity index (χ4v) is 3.36. The van der Waals surface area contributed by atoms with Crippen molar-refractivity contribution in [3.8, 4) is 0 Å². The minimum atomic E-state index is -0.197. The molecule has 1 saturated carbocycles. The Labute approximate surface area is 125 Å². The summed E-state index contributed by atoms with van der Waals surface area (Å²) in [6.07, 6.45) is 3.24. The molecule has 4 heteroatoms. The highest BCUT2D eigenvalue weighted by atomic mass is 79.9. The van der Waals surface area contributed by atoms with E-state index in [0.29, 0.717) is 5.41 Å². The summed E-state index contributed by atoms with van der Waals surface area (Å²) in [4.78, 5) is 4.76. The van der Waals surface area contributed by atoms with E-state index in [4.69, 9.17) is 4.98 Å². The minimum absolute atomic E-state index is 0.197. The Morgan fingerprint density at radius 2 is 2.00 bits per heavy atom. The van der Waals surface area contributed by atoms with Gasteiger partial charge >= 0.3 is 0 Å². The first kappa shape index (κ1) is 12.3. The fraction of sp³-hybridized carbons (Fsp3) is 0.312. The maximum atomic E-state index is 12.9. The van der Waals surface area contributed by atoms with Gasteiger partial charge in [0.15, 0.2) is 0 Å². The third kappa shape index (κ3) is 1.94. The summed E-state index contributed by atoms with van der Waals surface area (Å²) in [7, 11) is 0. The van der Waals surface area contributed by atoms with Gasteiger partial charge in [0.05, 0.1) is 11.4 Å². The molecule has 20 heavy (non-hydrogen) atoms. The molecule has 0 amide bonds. The molecule has 0 radical (unpaired) electrons. The van der Waals surface area contributed by atoms with Crippen LogP contribution in [0.25, 0.3) is 0 Å². The Balaban J connectivity index is 1.68. The van der Waals surface area contributed by atoms with E-state index in [1.807, 2.05) is 12.1 Å². The molecular weight excluding hydrogens is 319 g/mol. The smallest absolute Gasteiger partial charge is 0.123 e. The molecule has 1 fully saturated rings. The van der Waals surface area contributed by atoms with Crippen molar-refractivity contribution in [3.63, 3.8) is 0 Å². The second-order valence-corrected chi connectivity index (χ2v) is 6.52. The van der Waals surface area contributed by atoms with Crippen molar-refractivity contribution in [2.75, 3.05) is 11.9 Å². The number of anilines is 1. The molecule has 1 aromatic heterocycles. The van der Waals surface area contributed by atoms with Crippen molar-refractivity contribution in [2.45, 2.75) is 24.7 Å². The van der Waals surface area contributed by atoms with Gasteiger partial charge in [-0.1, -0.05) is 12.1 Å². The molecule has 4 rings (SSSR count). The molecule has 2 aliphatic rings. The van der Waals surface area contributed by atoms with Crippen molar-refractivity contribution in [2.24, 2.45) is 0 Å². The van der Waals surface area contributed by atoms with Crippen molar-refractivity contribution >= 4 is 21.6 Å². The number of fused-ring (bicyclic) bond motifs is 2. The number of rotatable bonds is 2. The van der Waals surface area contributed by atoms with Gasteiger partial charge in [0.2, 0.25) is 0 Å². The summed E-state index contributed by atoms with van der Waals surface area (Å²) < 4.78 is 13.9. The van der Waals surface area contributed by atoms with Crippen molar-refractivity contribution in [1.82, 2.24) is 4.98 Å². The van der Waals surface area contributed by atoms with Gasteiger partial charge in [-0.15, -0.1) is 0 Å². The lowest BCUT2D eigenvalue weighted by Crippen LogP contribution is -2.09. The molecular formula is C16H14BrFN2. The normalized spacial score (nSPS) is 17.9. The number of pyridine rings is 1. The summed E-state index contributed by atoms with van der Waals surface area (Å²) in [5.41, 5.74) is 4.93. The van der Waals surface area contributed by atoms with Gasteiger partial charge in [0.1, 0.15) is 10.4 Å². The fourth-order valence-electron chi connectivity index (χ4n) is 2.93. The number of benzene rings is 1. The van der Waals surface area contributed by atoms with Crippen LogP contribution in [0.2, 0.25) is 0 Å². The quantitative estimate of drug-likeness (QED) is 0.840.